The lowest BCUT2D eigenvalue weighted by Gasteiger charge is -2.41. The summed E-state index contributed by atoms with van der Waals surface area (Å²) in [5.41, 5.74) is 5.32. The smallest absolute Gasteiger partial charge is 0.282 e. The fourth-order valence-corrected chi connectivity index (χ4v) is 3.48. The van der Waals surface area contributed by atoms with Crippen molar-refractivity contribution in [1.29, 1.82) is 0 Å². The van der Waals surface area contributed by atoms with E-state index >= 15 is 0 Å². The quantitative estimate of drug-likeness (QED) is 0.722. The van der Waals surface area contributed by atoms with E-state index in [1.54, 1.807) is 14.1 Å². The van der Waals surface area contributed by atoms with Crippen LogP contribution in [0.1, 0.15) is 33.6 Å². The third-order valence-electron chi connectivity index (χ3n) is 3.25. The van der Waals surface area contributed by atoms with Crippen LogP contribution in [0.2, 0.25) is 0 Å². The summed E-state index contributed by atoms with van der Waals surface area (Å²) in [5, 5.41) is 0. The Morgan fingerprint density at radius 2 is 1.56 bits per heavy atom. The SMILES string of the molecule is CCN(C(CC)(CC)CN)S(=O)(=O)N(C)C. The van der Waals surface area contributed by atoms with E-state index in [0.717, 1.165) is 12.8 Å². The Morgan fingerprint density at radius 3 is 1.75 bits per heavy atom. The second kappa shape index (κ2) is 5.95. The highest BCUT2D eigenvalue weighted by Crippen LogP contribution is 2.26. The maximum Gasteiger partial charge on any atom is 0.282 e. The summed E-state index contributed by atoms with van der Waals surface area (Å²) >= 11 is 0. The molecule has 98 valence electrons. The molecule has 0 radical (unpaired) electrons. The van der Waals surface area contributed by atoms with Crippen LogP contribution >= 0.6 is 0 Å². The van der Waals surface area contributed by atoms with Crippen LogP contribution in [0, 0.1) is 0 Å². The number of likely N-dealkylation sites (N-methyl/N-ethyl adjacent to an activating group) is 1. The molecule has 0 heterocycles. The number of nitrogens with zero attached hydrogens (tertiary/aromatic N) is 2. The molecule has 16 heavy (non-hydrogen) atoms. The molecule has 0 spiro atoms. The molecular formula is C10H25N3O2S. The van der Waals surface area contributed by atoms with Crippen molar-refractivity contribution >= 4 is 10.2 Å². The van der Waals surface area contributed by atoms with Crippen molar-refractivity contribution in [2.75, 3.05) is 27.2 Å². The van der Waals surface area contributed by atoms with Gasteiger partial charge in [0.25, 0.3) is 10.2 Å². The first-order valence-electron chi connectivity index (χ1n) is 5.72. The molecule has 0 rings (SSSR count). The predicted molar refractivity (Wildman–Crippen MR) is 67.4 cm³/mol. The second-order valence-corrected chi connectivity index (χ2v) is 6.16. The Labute approximate surface area is 99.8 Å². The van der Waals surface area contributed by atoms with Crippen LogP contribution in [0.15, 0.2) is 0 Å². The summed E-state index contributed by atoms with van der Waals surface area (Å²) in [6.45, 7) is 6.59. The van der Waals surface area contributed by atoms with Gasteiger partial charge in [-0.2, -0.15) is 17.0 Å². The van der Waals surface area contributed by atoms with E-state index in [1.807, 2.05) is 20.8 Å². The fourth-order valence-electron chi connectivity index (χ4n) is 1.93. The molecule has 0 aromatic heterocycles. The molecule has 0 atom stereocenters. The molecule has 0 aromatic rings. The van der Waals surface area contributed by atoms with E-state index in [2.05, 4.69) is 0 Å². The molecule has 0 unspecified atom stereocenters. The molecule has 6 heteroatoms. The normalized spacial score (nSPS) is 13.8. The first kappa shape index (κ1) is 15.8. The molecule has 0 aliphatic heterocycles. The van der Waals surface area contributed by atoms with E-state index in [1.165, 1.54) is 8.61 Å². The summed E-state index contributed by atoms with van der Waals surface area (Å²) < 4.78 is 27.1. The van der Waals surface area contributed by atoms with E-state index < -0.39 is 15.7 Å². The lowest BCUT2D eigenvalue weighted by molar-refractivity contribution is 0.176. The van der Waals surface area contributed by atoms with Crippen molar-refractivity contribution in [2.24, 2.45) is 5.73 Å². The minimum atomic E-state index is -3.40. The monoisotopic (exact) mass is 251 g/mol. The van der Waals surface area contributed by atoms with Crippen molar-refractivity contribution < 1.29 is 8.42 Å². The Kier molecular flexibility index (Phi) is 5.89. The van der Waals surface area contributed by atoms with Crippen LogP contribution in [0.4, 0.5) is 0 Å². The number of hydrogen-bond acceptors (Lipinski definition) is 3. The minimum absolute atomic E-state index is 0.348. The van der Waals surface area contributed by atoms with Gasteiger partial charge in [-0.15, -0.1) is 0 Å². The van der Waals surface area contributed by atoms with Gasteiger partial charge in [0.15, 0.2) is 0 Å². The van der Waals surface area contributed by atoms with Crippen LogP contribution in [-0.2, 0) is 10.2 Å². The van der Waals surface area contributed by atoms with E-state index in [9.17, 15) is 8.42 Å². The molecule has 0 aliphatic rings. The average molecular weight is 251 g/mol. The Bertz CT molecular complexity index is 289. The first-order chi connectivity index (χ1) is 7.32. The minimum Gasteiger partial charge on any atom is -0.329 e. The average Bonchev–Trinajstić information content (AvgIpc) is 2.25. The van der Waals surface area contributed by atoms with Gasteiger partial charge in [-0.1, -0.05) is 20.8 Å². The highest BCUT2D eigenvalue weighted by Gasteiger charge is 2.39. The highest BCUT2D eigenvalue weighted by atomic mass is 32.2. The molecule has 0 fully saturated rings. The zero-order valence-corrected chi connectivity index (χ0v) is 11.8. The Morgan fingerprint density at radius 1 is 1.12 bits per heavy atom. The van der Waals surface area contributed by atoms with Gasteiger partial charge in [-0.05, 0) is 12.8 Å². The van der Waals surface area contributed by atoms with E-state index in [4.69, 9.17) is 5.73 Å². The zero-order valence-electron chi connectivity index (χ0n) is 11.0. The van der Waals surface area contributed by atoms with Crippen LogP contribution < -0.4 is 5.73 Å². The maximum atomic E-state index is 12.2. The predicted octanol–water partition coefficient (Wildman–Crippen LogP) is 0.632. The summed E-state index contributed by atoms with van der Waals surface area (Å²) in [5.74, 6) is 0. The fraction of sp³-hybridized carbons (Fsp3) is 1.00. The van der Waals surface area contributed by atoms with Gasteiger partial charge < -0.3 is 5.73 Å². The Balaban J connectivity index is 5.42. The molecule has 0 amide bonds. The lowest BCUT2D eigenvalue weighted by atomic mass is 9.93. The zero-order chi connectivity index (χ0) is 13.0. The molecule has 0 aromatic carbocycles. The standard InChI is InChI=1S/C10H25N3O2S/c1-6-10(7-2,9-11)13(8-3)16(14,15)12(4)5/h6-9,11H2,1-5H3. The highest BCUT2D eigenvalue weighted by molar-refractivity contribution is 7.86. The summed E-state index contributed by atoms with van der Waals surface area (Å²) in [6, 6.07) is 0. The van der Waals surface area contributed by atoms with Gasteiger partial charge in [-0.3, -0.25) is 0 Å². The molecular weight excluding hydrogens is 226 g/mol. The topological polar surface area (TPSA) is 66.6 Å². The summed E-state index contributed by atoms with van der Waals surface area (Å²) in [7, 11) is -0.304. The number of nitrogens with two attached hydrogens (primary N) is 1. The number of rotatable bonds is 7. The van der Waals surface area contributed by atoms with E-state index in [-0.39, 0.29) is 0 Å². The van der Waals surface area contributed by atoms with Crippen LogP contribution in [0.5, 0.6) is 0 Å². The van der Waals surface area contributed by atoms with Crippen LogP contribution in [0.25, 0.3) is 0 Å². The molecule has 0 saturated carbocycles. The second-order valence-electron chi connectivity index (χ2n) is 4.09. The molecule has 5 nitrogen and oxygen atoms in total. The third-order valence-corrected chi connectivity index (χ3v) is 5.38. The molecule has 0 bridgehead atoms. The first-order valence-corrected chi connectivity index (χ1v) is 7.12. The van der Waals surface area contributed by atoms with Crippen molar-refractivity contribution in [3.05, 3.63) is 0 Å². The maximum absolute atomic E-state index is 12.2. The van der Waals surface area contributed by atoms with Crippen LogP contribution in [-0.4, -0.2) is 49.8 Å². The van der Waals surface area contributed by atoms with Crippen molar-refractivity contribution in [3.63, 3.8) is 0 Å². The lowest BCUT2D eigenvalue weighted by Crippen LogP contribution is -2.58. The van der Waals surface area contributed by atoms with Gasteiger partial charge in [0, 0.05) is 32.7 Å². The number of hydrogen-bond donors (Lipinski definition) is 1. The summed E-state index contributed by atoms with van der Waals surface area (Å²) in [6.07, 6.45) is 1.45. The molecule has 0 aliphatic carbocycles. The molecule has 0 saturated heterocycles. The van der Waals surface area contributed by atoms with Gasteiger partial charge in [-0.25, -0.2) is 0 Å². The van der Waals surface area contributed by atoms with Crippen molar-refractivity contribution in [1.82, 2.24) is 8.61 Å². The largest absolute Gasteiger partial charge is 0.329 e. The van der Waals surface area contributed by atoms with Crippen molar-refractivity contribution in [3.8, 4) is 0 Å². The molecule has 2 N–H and O–H groups in total. The van der Waals surface area contributed by atoms with E-state index in [0.29, 0.717) is 13.1 Å². The third kappa shape index (κ3) is 2.74. The Hall–Kier alpha value is -0.170. The van der Waals surface area contributed by atoms with Crippen LogP contribution in [0.3, 0.4) is 0 Å². The van der Waals surface area contributed by atoms with Gasteiger partial charge in [0.2, 0.25) is 0 Å². The van der Waals surface area contributed by atoms with Crippen molar-refractivity contribution in [2.45, 2.75) is 39.2 Å². The summed E-state index contributed by atoms with van der Waals surface area (Å²) in [4.78, 5) is 0. The van der Waals surface area contributed by atoms with Gasteiger partial charge in [0.1, 0.15) is 0 Å². The van der Waals surface area contributed by atoms with Gasteiger partial charge >= 0.3 is 0 Å². The van der Waals surface area contributed by atoms with Gasteiger partial charge in [0.05, 0.1) is 0 Å².